The van der Waals surface area contributed by atoms with Crippen LogP contribution in [0.2, 0.25) is 5.02 Å². The van der Waals surface area contributed by atoms with Crippen LogP contribution in [0.3, 0.4) is 0 Å². The number of amides is 1. The summed E-state index contributed by atoms with van der Waals surface area (Å²) in [5.41, 5.74) is 3.93. The number of hydrogen-bond donors (Lipinski definition) is 1. The third-order valence-corrected chi connectivity index (χ3v) is 5.30. The molecule has 4 aromatic rings. The lowest BCUT2D eigenvalue weighted by Crippen LogP contribution is -2.12. The Labute approximate surface area is 153 Å². The average Bonchev–Trinajstić information content (AvgIpc) is 2.63. The van der Waals surface area contributed by atoms with Crippen LogP contribution in [0.5, 0.6) is 0 Å². The summed E-state index contributed by atoms with van der Waals surface area (Å²) in [7, 11) is 1.98. The number of hydrogen-bond acceptors (Lipinski definition) is 3. The maximum Gasteiger partial charge on any atom is 0.255 e. The van der Waals surface area contributed by atoms with Gasteiger partial charge >= 0.3 is 0 Å². The summed E-state index contributed by atoms with van der Waals surface area (Å²) < 4.78 is 3.22. The molecule has 0 unspecified atom stereocenters. The van der Waals surface area contributed by atoms with E-state index in [2.05, 4.69) is 10.3 Å². The minimum atomic E-state index is -0.151. The fraction of sp³-hybridized carbons (Fsp3) is 0.0526. The van der Waals surface area contributed by atoms with Gasteiger partial charge in [0.15, 0.2) is 0 Å². The summed E-state index contributed by atoms with van der Waals surface area (Å²) in [5, 5.41) is 3.52. The van der Waals surface area contributed by atoms with Crippen LogP contribution in [0.25, 0.3) is 21.5 Å². The van der Waals surface area contributed by atoms with E-state index in [-0.39, 0.29) is 5.91 Å². The second kappa shape index (κ2) is 6.35. The van der Waals surface area contributed by atoms with Gasteiger partial charge in [0.25, 0.3) is 5.91 Å². The van der Waals surface area contributed by atoms with Crippen molar-refractivity contribution in [3.8, 4) is 11.3 Å². The Hall–Kier alpha value is -2.63. The molecule has 0 aliphatic carbocycles. The molecule has 124 valence electrons. The summed E-state index contributed by atoms with van der Waals surface area (Å²) in [6, 6.07) is 16.7. The molecule has 4 nitrogen and oxygen atoms in total. The SMILES string of the molecule is Cn1sc2ccc(C(=O)Nc3ccc(Cl)c(-c4ccccn4)c3)cc21. The molecule has 1 N–H and O–H groups in total. The first-order valence-corrected chi connectivity index (χ1v) is 8.85. The first-order chi connectivity index (χ1) is 12.1. The Morgan fingerprint density at radius 1 is 1.16 bits per heavy atom. The van der Waals surface area contributed by atoms with Gasteiger partial charge < -0.3 is 5.32 Å². The van der Waals surface area contributed by atoms with Crippen LogP contribution in [-0.2, 0) is 7.05 Å². The second-order valence-corrected chi connectivity index (χ2v) is 7.21. The van der Waals surface area contributed by atoms with Crippen molar-refractivity contribution in [2.45, 2.75) is 0 Å². The smallest absolute Gasteiger partial charge is 0.255 e. The number of nitrogens with zero attached hydrogens (tertiary/aromatic N) is 2. The van der Waals surface area contributed by atoms with E-state index >= 15 is 0 Å². The van der Waals surface area contributed by atoms with Crippen molar-refractivity contribution in [2.75, 3.05) is 5.32 Å². The molecule has 0 fully saturated rings. The maximum atomic E-state index is 12.6. The van der Waals surface area contributed by atoms with Gasteiger partial charge in [0, 0.05) is 30.1 Å². The van der Waals surface area contributed by atoms with E-state index in [9.17, 15) is 4.79 Å². The first kappa shape index (κ1) is 15.9. The highest BCUT2D eigenvalue weighted by atomic mass is 35.5. The van der Waals surface area contributed by atoms with E-state index in [0.717, 1.165) is 16.8 Å². The highest BCUT2D eigenvalue weighted by Gasteiger charge is 2.12. The zero-order chi connectivity index (χ0) is 17.4. The number of aromatic nitrogens is 2. The molecular weight excluding hydrogens is 354 g/mol. The Morgan fingerprint density at radius 2 is 2.04 bits per heavy atom. The van der Waals surface area contributed by atoms with E-state index in [1.165, 1.54) is 4.70 Å². The van der Waals surface area contributed by atoms with Crippen LogP contribution in [0, 0.1) is 0 Å². The van der Waals surface area contributed by atoms with Crippen molar-refractivity contribution < 1.29 is 4.79 Å². The van der Waals surface area contributed by atoms with E-state index in [1.54, 1.807) is 29.9 Å². The zero-order valence-corrected chi connectivity index (χ0v) is 14.9. The topological polar surface area (TPSA) is 46.9 Å². The number of aryl methyl sites for hydroxylation is 1. The molecule has 4 rings (SSSR count). The Bertz CT molecular complexity index is 1070. The third-order valence-electron chi connectivity index (χ3n) is 3.96. The van der Waals surface area contributed by atoms with Crippen molar-refractivity contribution >= 4 is 44.9 Å². The average molecular weight is 368 g/mol. The van der Waals surface area contributed by atoms with Gasteiger partial charge in [-0.1, -0.05) is 29.2 Å². The van der Waals surface area contributed by atoms with Gasteiger partial charge in [0.1, 0.15) is 0 Å². The number of halogens is 1. The Balaban J connectivity index is 1.62. The number of fused-ring (bicyclic) bond motifs is 1. The van der Waals surface area contributed by atoms with Crippen molar-refractivity contribution in [1.82, 2.24) is 8.94 Å². The molecule has 1 amide bonds. The minimum absolute atomic E-state index is 0.151. The molecule has 0 aliphatic rings. The molecule has 0 spiro atoms. The fourth-order valence-electron chi connectivity index (χ4n) is 2.66. The van der Waals surface area contributed by atoms with Gasteiger partial charge in [-0.3, -0.25) is 13.7 Å². The predicted octanol–water partition coefficient (Wildman–Crippen LogP) is 5.21. The largest absolute Gasteiger partial charge is 0.322 e. The van der Waals surface area contributed by atoms with Crippen LogP contribution in [-0.4, -0.2) is 14.8 Å². The molecule has 2 aromatic carbocycles. The summed E-state index contributed by atoms with van der Waals surface area (Å²) in [4.78, 5) is 16.9. The number of carbonyl (C=O) groups excluding carboxylic acids is 1. The lowest BCUT2D eigenvalue weighted by Gasteiger charge is -2.12. The molecule has 2 aromatic heterocycles. The molecule has 0 saturated carbocycles. The number of rotatable bonds is 3. The highest BCUT2D eigenvalue weighted by molar-refractivity contribution is 7.16. The van der Waals surface area contributed by atoms with Gasteiger partial charge in [0.05, 0.1) is 20.9 Å². The number of anilines is 1. The van der Waals surface area contributed by atoms with Crippen molar-refractivity contribution in [3.05, 3.63) is 71.4 Å². The van der Waals surface area contributed by atoms with E-state index < -0.39 is 0 Å². The molecular formula is C19H14ClN3OS. The standard InChI is InChI=1S/C19H14ClN3OS/c1-23-17-10-12(5-8-18(17)25-23)19(24)22-13-6-7-15(20)14(11-13)16-4-2-3-9-21-16/h2-11H,1H3,(H,22,24). The Morgan fingerprint density at radius 3 is 2.80 bits per heavy atom. The van der Waals surface area contributed by atoms with Crippen LogP contribution in [0.1, 0.15) is 10.4 Å². The van der Waals surface area contributed by atoms with Gasteiger partial charge in [-0.2, -0.15) is 0 Å². The van der Waals surface area contributed by atoms with Crippen molar-refractivity contribution in [3.63, 3.8) is 0 Å². The highest BCUT2D eigenvalue weighted by Crippen LogP contribution is 2.30. The normalized spacial score (nSPS) is 11.0. The predicted molar refractivity (Wildman–Crippen MR) is 103 cm³/mol. The summed E-state index contributed by atoms with van der Waals surface area (Å²) >= 11 is 7.95. The lowest BCUT2D eigenvalue weighted by atomic mass is 10.1. The molecule has 0 aliphatic heterocycles. The number of benzene rings is 2. The molecule has 0 bridgehead atoms. The number of carbonyl (C=O) groups is 1. The second-order valence-electron chi connectivity index (χ2n) is 5.63. The number of nitrogens with one attached hydrogen (secondary N) is 1. The first-order valence-electron chi connectivity index (χ1n) is 7.70. The maximum absolute atomic E-state index is 12.6. The third kappa shape index (κ3) is 3.04. The lowest BCUT2D eigenvalue weighted by molar-refractivity contribution is 0.102. The van der Waals surface area contributed by atoms with Crippen LogP contribution in [0.4, 0.5) is 5.69 Å². The molecule has 25 heavy (non-hydrogen) atoms. The van der Waals surface area contributed by atoms with Gasteiger partial charge in [-0.25, -0.2) is 0 Å². The van der Waals surface area contributed by atoms with E-state index in [0.29, 0.717) is 16.3 Å². The van der Waals surface area contributed by atoms with Crippen LogP contribution >= 0.6 is 23.1 Å². The number of pyridine rings is 1. The fourth-order valence-corrected chi connectivity index (χ4v) is 3.71. The Kier molecular flexibility index (Phi) is 4.03. The molecule has 2 heterocycles. The minimum Gasteiger partial charge on any atom is -0.322 e. The monoisotopic (exact) mass is 367 g/mol. The zero-order valence-electron chi connectivity index (χ0n) is 13.4. The van der Waals surface area contributed by atoms with E-state index in [1.807, 2.05) is 53.5 Å². The van der Waals surface area contributed by atoms with Crippen molar-refractivity contribution in [2.24, 2.45) is 7.05 Å². The van der Waals surface area contributed by atoms with Crippen LogP contribution < -0.4 is 5.32 Å². The molecule has 6 heteroatoms. The molecule has 0 saturated heterocycles. The van der Waals surface area contributed by atoms with Crippen LogP contribution in [0.15, 0.2) is 60.8 Å². The van der Waals surface area contributed by atoms with E-state index in [4.69, 9.17) is 11.6 Å². The molecule has 0 radical (unpaired) electrons. The summed E-state index contributed by atoms with van der Waals surface area (Å²) in [6.45, 7) is 0. The molecule has 0 atom stereocenters. The summed E-state index contributed by atoms with van der Waals surface area (Å²) in [6.07, 6.45) is 1.72. The van der Waals surface area contributed by atoms with Gasteiger partial charge in [-0.15, -0.1) is 0 Å². The van der Waals surface area contributed by atoms with Gasteiger partial charge in [-0.05, 0) is 48.5 Å². The van der Waals surface area contributed by atoms with Gasteiger partial charge in [0.2, 0.25) is 0 Å². The quantitative estimate of drug-likeness (QED) is 0.540. The van der Waals surface area contributed by atoms with Crippen molar-refractivity contribution in [1.29, 1.82) is 0 Å². The summed E-state index contributed by atoms with van der Waals surface area (Å²) in [5.74, 6) is -0.151.